The van der Waals surface area contributed by atoms with Crippen LogP contribution in [0.5, 0.6) is 0 Å². The van der Waals surface area contributed by atoms with Crippen LogP contribution in [0.3, 0.4) is 0 Å². The number of allylic oxidation sites excluding steroid dienone is 1. The number of imidazole rings is 1. The fraction of sp³-hybridized carbons (Fsp3) is 0.143. The molecule has 0 aliphatic heterocycles. The first-order chi connectivity index (χ1) is 8.74. The van der Waals surface area contributed by atoms with Gasteiger partial charge in [0.1, 0.15) is 0 Å². The molecule has 0 spiro atoms. The molecule has 1 aliphatic carbocycles. The van der Waals surface area contributed by atoms with E-state index in [9.17, 15) is 4.79 Å². The van der Waals surface area contributed by atoms with Crippen molar-refractivity contribution in [2.75, 3.05) is 0 Å². The molecule has 1 N–H and O–H groups in total. The Bertz CT molecular complexity index is 639. The van der Waals surface area contributed by atoms with Gasteiger partial charge in [-0.15, -0.1) is 0 Å². The average Bonchev–Trinajstić information content (AvgIpc) is 2.91. The van der Waals surface area contributed by atoms with Crippen LogP contribution >= 0.6 is 0 Å². The fourth-order valence-electron chi connectivity index (χ4n) is 2.24. The second-order valence-electron chi connectivity index (χ2n) is 4.32. The third-order valence-corrected chi connectivity index (χ3v) is 3.20. The Morgan fingerprint density at radius 3 is 2.89 bits per heavy atom. The number of nitrogens with zero attached hydrogens (tertiary/aromatic N) is 2. The Labute approximate surface area is 134 Å². The maximum atomic E-state index is 11.0. The number of fused-ring (bicyclic) bond motifs is 1. The van der Waals surface area contributed by atoms with Crippen molar-refractivity contribution >= 4 is 17.7 Å². The smallest absolute Gasteiger partial charge is 1.00 e. The van der Waals surface area contributed by atoms with Gasteiger partial charge in [0.15, 0.2) is 0 Å². The molecular weight excluding hydrogens is 251 g/mol. The summed E-state index contributed by atoms with van der Waals surface area (Å²) in [5.74, 6) is -0.888. The van der Waals surface area contributed by atoms with E-state index in [1.165, 1.54) is 5.56 Å². The molecule has 0 amide bonds. The summed E-state index contributed by atoms with van der Waals surface area (Å²) < 4.78 is 1.97. The Balaban J connectivity index is 0.000001000. The van der Waals surface area contributed by atoms with Crippen molar-refractivity contribution in [1.82, 2.24) is 9.55 Å². The van der Waals surface area contributed by atoms with Crippen LogP contribution in [0.25, 0.3) is 11.8 Å². The van der Waals surface area contributed by atoms with Crippen LogP contribution in [0.4, 0.5) is 0 Å². The summed E-state index contributed by atoms with van der Waals surface area (Å²) in [5.41, 5.74) is 3.66. The average molecular weight is 264 g/mol. The van der Waals surface area contributed by atoms with Gasteiger partial charge in [0, 0.05) is 18.1 Å². The van der Waals surface area contributed by atoms with Crippen LogP contribution < -0.4 is 29.6 Å². The molecule has 19 heavy (non-hydrogen) atoms. The van der Waals surface area contributed by atoms with Crippen molar-refractivity contribution < 1.29 is 40.9 Å². The number of rotatable bonds is 2. The monoisotopic (exact) mass is 264 g/mol. The molecule has 0 saturated carbocycles. The topological polar surface area (TPSA) is 55.1 Å². The number of benzene rings is 1. The van der Waals surface area contributed by atoms with Crippen molar-refractivity contribution in [3.05, 3.63) is 53.6 Å². The minimum absolute atomic E-state index is 0. The molecule has 1 heterocycles. The third-order valence-electron chi connectivity index (χ3n) is 3.20. The molecule has 3 rings (SSSR count). The van der Waals surface area contributed by atoms with Gasteiger partial charge in [-0.3, -0.25) is 0 Å². The first-order valence-electron chi connectivity index (χ1n) is 5.79. The number of aromatic carboxylic acids is 1. The van der Waals surface area contributed by atoms with Gasteiger partial charge >= 0.3 is 35.5 Å². The number of carboxylic acid groups (broad SMARTS) is 1. The first-order valence-corrected chi connectivity index (χ1v) is 5.79. The summed E-state index contributed by atoms with van der Waals surface area (Å²) in [6.07, 6.45) is 9.31. The van der Waals surface area contributed by atoms with Crippen molar-refractivity contribution in [1.29, 1.82) is 0 Å². The van der Waals surface area contributed by atoms with Crippen molar-refractivity contribution in [3.8, 4) is 0 Å². The molecule has 92 valence electrons. The SMILES string of the molecule is O=C(O)c1ccc2c(c1)C=C(n1ccnc1)CC2.[H-].[Na+]. The van der Waals surface area contributed by atoms with Gasteiger partial charge in [-0.2, -0.15) is 0 Å². The van der Waals surface area contributed by atoms with Crippen LogP contribution in [0, 0.1) is 0 Å². The number of hydrogen-bond acceptors (Lipinski definition) is 2. The quantitative estimate of drug-likeness (QED) is 0.754. The largest absolute Gasteiger partial charge is 1.00 e. The van der Waals surface area contributed by atoms with Gasteiger partial charge in [-0.25, -0.2) is 9.78 Å². The Hall–Kier alpha value is -1.36. The molecule has 1 aliphatic rings. The number of aryl methyl sites for hydroxylation is 1. The minimum atomic E-state index is -0.888. The van der Waals surface area contributed by atoms with Crippen molar-refractivity contribution in [3.63, 3.8) is 0 Å². The molecule has 0 saturated heterocycles. The predicted octanol–water partition coefficient (Wildman–Crippen LogP) is -0.358. The molecule has 4 nitrogen and oxygen atoms in total. The Morgan fingerprint density at radius 2 is 2.21 bits per heavy atom. The first kappa shape index (κ1) is 14.1. The molecule has 0 radical (unpaired) electrons. The van der Waals surface area contributed by atoms with Gasteiger partial charge in [0.05, 0.1) is 11.9 Å². The summed E-state index contributed by atoms with van der Waals surface area (Å²) in [6.45, 7) is 0. The Morgan fingerprint density at radius 1 is 1.37 bits per heavy atom. The van der Waals surface area contributed by atoms with E-state index in [-0.39, 0.29) is 31.0 Å². The molecule has 1 aromatic carbocycles. The Kier molecular flexibility index (Phi) is 4.24. The molecule has 0 atom stereocenters. The zero-order valence-corrected chi connectivity index (χ0v) is 12.7. The van der Waals surface area contributed by atoms with E-state index in [2.05, 4.69) is 4.98 Å². The molecule has 0 bridgehead atoms. The van der Waals surface area contributed by atoms with Crippen molar-refractivity contribution in [2.24, 2.45) is 0 Å². The van der Waals surface area contributed by atoms with E-state index >= 15 is 0 Å². The van der Waals surface area contributed by atoms with E-state index < -0.39 is 5.97 Å². The van der Waals surface area contributed by atoms with Gasteiger partial charge in [-0.1, -0.05) is 6.07 Å². The molecule has 5 heteroatoms. The van der Waals surface area contributed by atoms with E-state index in [1.54, 1.807) is 24.7 Å². The number of carbonyl (C=O) groups is 1. The van der Waals surface area contributed by atoms with Crippen LogP contribution in [0.1, 0.15) is 29.3 Å². The van der Waals surface area contributed by atoms with Crippen LogP contribution in [-0.4, -0.2) is 20.6 Å². The van der Waals surface area contributed by atoms with Crippen LogP contribution in [0.2, 0.25) is 0 Å². The summed E-state index contributed by atoms with van der Waals surface area (Å²) in [4.78, 5) is 15.0. The fourth-order valence-corrected chi connectivity index (χ4v) is 2.24. The van der Waals surface area contributed by atoms with Gasteiger partial charge in [-0.05, 0) is 42.2 Å². The van der Waals surface area contributed by atoms with E-state index in [0.717, 1.165) is 24.1 Å². The summed E-state index contributed by atoms with van der Waals surface area (Å²) >= 11 is 0. The maximum absolute atomic E-state index is 11.0. The van der Waals surface area contributed by atoms with E-state index in [4.69, 9.17) is 5.11 Å². The maximum Gasteiger partial charge on any atom is 1.00 e. The predicted molar refractivity (Wildman–Crippen MR) is 69.2 cm³/mol. The zero-order chi connectivity index (χ0) is 12.5. The summed E-state index contributed by atoms with van der Waals surface area (Å²) in [5, 5.41) is 9.00. The van der Waals surface area contributed by atoms with E-state index in [1.807, 2.05) is 22.9 Å². The summed E-state index contributed by atoms with van der Waals surface area (Å²) in [6, 6.07) is 5.30. The molecular formula is C14H13N2NaO2. The van der Waals surface area contributed by atoms with Crippen molar-refractivity contribution in [2.45, 2.75) is 12.8 Å². The van der Waals surface area contributed by atoms with Gasteiger partial charge in [0.25, 0.3) is 0 Å². The molecule has 0 fully saturated rings. The van der Waals surface area contributed by atoms with Crippen LogP contribution in [-0.2, 0) is 6.42 Å². The number of carboxylic acids is 1. The number of hydrogen-bond donors (Lipinski definition) is 1. The minimum Gasteiger partial charge on any atom is -1.00 e. The summed E-state index contributed by atoms with van der Waals surface area (Å²) in [7, 11) is 0. The van der Waals surface area contributed by atoms with Gasteiger partial charge < -0.3 is 11.1 Å². The second kappa shape index (κ2) is 5.74. The normalized spacial score (nSPS) is 13.2. The molecule has 2 aromatic rings. The molecule has 1 aromatic heterocycles. The van der Waals surface area contributed by atoms with Gasteiger partial charge in [0.2, 0.25) is 0 Å². The molecule has 0 unspecified atom stereocenters. The van der Waals surface area contributed by atoms with E-state index in [0.29, 0.717) is 5.56 Å². The van der Waals surface area contributed by atoms with Crippen LogP contribution in [0.15, 0.2) is 36.9 Å². The number of aromatic nitrogens is 2. The second-order valence-corrected chi connectivity index (χ2v) is 4.32. The standard InChI is InChI=1S/C14H12N2O2.Na.H/c17-14(18)11-2-1-10-3-4-13(8-12(10)7-11)16-6-5-15-9-16;;/h1-2,5-9H,3-4H2,(H,17,18);;/q;+1;-1. The third kappa shape index (κ3) is 2.81. The zero-order valence-electron chi connectivity index (χ0n) is 11.7.